The number of nitrogens with two attached hydrogens (primary N) is 1. The molecular formula is C18H23NO4. The molecule has 0 atom stereocenters. The minimum Gasteiger partial charge on any atom is -0.478 e. The molecule has 4 N–H and O–H groups in total. The minimum atomic E-state index is -1.13. The van der Waals surface area contributed by atoms with Crippen molar-refractivity contribution in [2.45, 2.75) is 44.1 Å². The third kappa shape index (κ3) is 3.55. The third-order valence-corrected chi connectivity index (χ3v) is 5.44. The smallest absolute Gasteiger partial charge is 0.335 e. The number of carboxylic acid groups (broad SMARTS) is 2. The quantitative estimate of drug-likeness (QED) is 0.778. The Bertz CT molecular complexity index is 561. The van der Waals surface area contributed by atoms with Crippen molar-refractivity contribution in [2.75, 3.05) is 0 Å². The summed E-state index contributed by atoms with van der Waals surface area (Å²) in [5.41, 5.74) is 6.58. The molecule has 4 fully saturated rings. The molecule has 4 aliphatic rings. The van der Waals surface area contributed by atoms with Crippen molar-refractivity contribution in [3.8, 4) is 0 Å². The first-order valence-corrected chi connectivity index (χ1v) is 8.20. The molecule has 4 bridgehead atoms. The number of benzene rings is 1. The first-order chi connectivity index (χ1) is 10.8. The minimum absolute atomic E-state index is 0.0186. The SMILES string of the molecule is NC12CC3CC(CC(C3)C1)C2.O=C(O)c1cccc(C(=O)O)c1. The standard InChI is InChI=1S/C10H17N.C8H6O4/c11-10-4-7-1-8(5-10)3-9(2-7)6-10;9-7(10)5-2-1-3-6(4-5)8(11)12/h7-9H,1-6,11H2;1-4H,(H,9,10)(H,11,12). The van der Waals surface area contributed by atoms with Gasteiger partial charge in [-0.2, -0.15) is 0 Å². The van der Waals surface area contributed by atoms with Crippen LogP contribution in [0.5, 0.6) is 0 Å². The summed E-state index contributed by atoms with van der Waals surface area (Å²) >= 11 is 0. The van der Waals surface area contributed by atoms with Gasteiger partial charge in [-0.05, 0) is 74.5 Å². The zero-order valence-corrected chi connectivity index (χ0v) is 13.1. The van der Waals surface area contributed by atoms with Crippen LogP contribution in [0, 0.1) is 17.8 Å². The normalized spacial score (nSPS) is 33.7. The van der Waals surface area contributed by atoms with Crippen LogP contribution in [0.1, 0.15) is 59.2 Å². The second kappa shape index (κ2) is 5.96. The van der Waals surface area contributed by atoms with E-state index in [1.165, 1.54) is 56.7 Å². The molecule has 5 nitrogen and oxygen atoms in total. The molecule has 0 heterocycles. The lowest BCUT2D eigenvalue weighted by molar-refractivity contribution is 0.000359. The van der Waals surface area contributed by atoms with Crippen LogP contribution in [0.15, 0.2) is 24.3 Å². The molecular weight excluding hydrogens is 294 g/mol. The topological polar surface area (TPSA) is 101 Å². The number of hydrogen-bond donors (Lipinski definition) is 3. The van der Waals surface area contributed by atoms with Crippen molar-refractivity contribution in [1.29, 1.82) is 0 Å². The fraction of sp³-hybridized carbons (Fsp3) is 0.556. The van der Waals surface area contributed by atoms with E-state index in [2.05, 4.69) is 0 Å². The van der Waals surface area contributed by atoms with Gasteiger partial charge in [0, 0.05) is 5.54 Å². The largest absolute Gasteiger partial charge is 0.478 e. The Morgan fingerprint density at radius 3 is 1.61 bits per heavy atom. The summed E-state index contributed by atoms with van der Waals surface area (Å²) < 4.78 is 0. The Morgan fingerprint density at radius 2 is 1.30 bits per heavy atom. The molecule has 0 unspecified atom stereocenters. The average Bonchev–Trinajstić information content (AvgIpc) is 2.45. The zero-order valence-electron chi connectivity index (χ0n) is 13.1. The predicted octanol–water partition coefficient (Wildman–Crippen LogP) is 3.00. The second-order valence-corrected chi connectivity index (χ2v) is 7.47. The van der Waals surface area contributed by atoms with Gasteiger partial charge in [-0.25, -0.2) is 9.59 Å². The molecule has 1 aromatic rings. The molecule has 0 saturated heterocycles. The molecule has 0 amide bonds. The molecule has 4 aliphatic carbocycles. The molecule has 0 spiro atoms. The fourth-order valence-electron chi connectivity index (χ4n) is 4.96. The van der Waals surface area contributed by atoms with E-state index >= 15 is 0 Å². The zero-order chi connectivity index (χ0) is 16.6. The van der Waals surface area contributed by atoms with Gasteiger partial charge in [-0.3, -0.25) is 0 Å². The van der Waals surface area contributed by atoms with Crippen LogP contribution in [0.4, 0.5) is 0 Å². The molecule has 1 aromatic carbocycles. The maximum atomic E-state index is 10.4. The summed E-state index contributed by atoms with van der Waals surface area (Å²) in [6, 6.07) is 5.20. The molecule has 0 aromatic heterocycles. The highest BCUT2D eigenvalue weighted by atomic mass is 16.4. The molecule has 5 rings (SSSR count). The molecule has 0 aliphatic heterocycles. The van der Waals surface area contributed by atoms with Crippen molar-refractivity contribution in [1.82, 2.24) is 0 Å². The lowest BCUT2D eigenvalue weighted by Gasteiger charge is -2.55. The van der Waals surface area contributed by atoms with Crippen LogP contribution in [0.3, 0.4) is 0 Å². The molecule has 0 radical (unpaired) electrons. The highest BCUT2D eigenvalue weighted by molar-refractivity contribution is 5.93. The van der Waals surface area contributed by atoms with Crippen LogP contribution in [-0.4, -0.2) is 27.7 Å². The average molecular weight is 317 g/mol. The Morgan fingerprint density at radius 1 is 0.913 bits per heavy atom. The Kier molecular flexibility index (Phi) is 4.15. The van der Waals surface area contributed by atoms with Gasteiger partial charge < -0.3 is 15.9 Å². The first-order valence-electron chi connectivity index (χ1n) is 8.20. The van der Waals surface area contributed by atoms with Gasteiger partial charge in [0.05, 0.1) is 11.1 Å². The van der Waals surface area contributed by atoms with Crippen molar-refractivity contribution in [3.05, 3.63) is 35.4 Å². The van der Waals surface area contributed by atoms with Gasteiger partial charge in [0.2, 0.25) is 0 Å². The lowest BCUT2D eigenvalue weighted by atomic mass is 9.53. The predicted molar refractivity (Wildman–Crippen MR) is 85.5 cm³/mol. The monoisotopic (exact) mass is 317 g/mol. The van der Waals surface area contributed by atoms with Gasteiger partial charge in [-0.1, -0.05) is 6.07 Å². The number of hydrogen-bond acceptors (Lipinski definition) is 3. The maximum Gasteiger partial charge on any atom is 0.335 e. The first kappa shape index (κ1) is 16.0. The Hall–Kier alpha value is -1.88. The molecule has 124 valence electrons. The summed E-state index contributed by atoms with van der Waals surface area (Å²) in [5, 5.41) is 17.0. The van der Waals surface area contributed by atoms with E-state index in [1.807, 2.05) is 0 Å². The molecule has 5 heteroatoms. The van der Waals surface area contributed by atoms with E-state index < -0.39 is 11.9 Å². The van der Waals surface area contributed by atoms with Gasteiger partial charge in [0.25, 0.3) is 0 Å². The molecule has 23 heavy (non-hydrogen) atoms. The number of aromatic carboxylic acids is 2. The Labute approximate surface area is 135 Å². The van der Waals surface area contributed by atoms with Crippen molar-refractivity contribution in [3.63, 3.8) is 0 Å². The summed E-state index contributed by atoms with van der Waals surface area (Å²) in [7, 11) is 0. The van der Waals surface area contributed by atoms with Crippen molar-refractivity contribution >= 4 is 11.9 Å². The molecule has 4 saturated carbocycles. The van der Waals surface area contributed by atoms with E-state index in [9.17, 15) is 9.59 Å². The van der Waals surface area contributed by atoms with E-state index in [-0.39, 0.29) is 11.1 Å². The van der Waals surface area contributed by atoms with Crippen LogP contribution in [0.2, 0.25) is 0 Å². The van der Waals surface area contributed by atoms with Gasteiger partial charge >= 0.3 is 11.9 Å². The van der Waals surface area contributed by atoms with E-state index in [4.69, 9.17) is 15.9 Å². The van der Waals surface area contributed by atoms with Crippen LogP contribution < -0.4 is 5.73 Å². The van der Waals surface area contributed by atoms with Gasteiger partial charge in [0.15, 0.2) is 0 Å². The van der Waals surface area contributed by atoms with E-state index in [0.29, 0.717) is 5.54 Å². The van der Waals surface area contributed by atoms with Crippen molar-refractivity contribution < 1.29 is 19.8 Å². The van der Waals surface area contributed by atoms with Gasteiger partial charge in [-0.15, -0.1) is 0 Å². The number of rotatable bonds is 2. The summed E-state index contributed by atoms with van der Waals surface area (Å²) in [6.07, 6.45) is 8.57. The fourth-order valence-corrected chi connectivity index (χ4v) is 4.96. The summed E-state index contributed by atoms with van der Waals surface area (Å²) in [4.78, 5) is 20.8. The van der Waals surface area contributed by atoms with Crippen LogP contribution in [-0.2, 0) is 0 Å². The van der Waals surface area contributed by atoms with Gasteiger partial charge in [0.1, 0.15) is 0 Å². The highest BCUT2D eigenvalue weighted by Crippen LogP contribution is 2.54. The third-order valence-electron chi connectivity index (χ3n) is 5.44. The Balaban J connectivity index is 0.000000136. The van der Waals surface area contributed by atoms with Crippen LogP contribution >= 0.6 is 0 Å². The van der Waals surface area contributed by atoms with E-state index in [1.54, 1.807) is 0 Å². The number of carboxylic acids is 2. The summed E-state index contributed by atoms with van der Waals surface area (Å²) in [5.74, 6) is 0.806. The van der Waals surface area contributed by atoms with E-state index in [0.717, 1.165) is 23.8 Å². The summed E-state index contributed by atoms with van der Waals surface area (Å²) in [6.45, 7) is 0. The second-order valence-electron chi connectivity index (χ2n) is 7.47. The lowest BCUT2D eigenvalue weighted by Crippen LogP contribution is -2.55. The highest BCUT2D eigenvalue weighted by Gasteiger charge is 2.48. The maximum absolute atomic E-state index is 10.4. The van der Waals surface area contributed by atoms with Crippen molar-refractivity contribution in [2.24, 2.45) is 23.5 Å². The van der Waals surface area contributed by atoms with Crippen LogP contribution in [0.25, 0.3) is 0 Å². The number of carbonyl (C=O) groups is 2.